The Bertz CT molecular complexity index is 350. The van der Waals surface area contributed by atoms with E-state index in [1.54, 1.807) is 0 Å². The second-order valence-electron chi connectivity index (χ2n) is 3.29. The molecule has 3 nitrogen and oxygen atoms in total. The Morgan fingerprint density at radius 3 is 2.06 bits per heavy atom. The molecule has 2 atom stereocenters. The quantitative estimate of drug-likeness (QED) is 0.733. The van der Waals surface area contributed by atoms with Crippen LogP contribution in [0.3, 0.4) is 0 Å². The van der Waals surface area contributed by atoms with Gasteiger partial charge < -0.3 is 15.3 Å². The zero-order valence-corrected chi connectivity index (χ0v) is 9.79. The Morgan fingerprint density at radius 2 is 1.69 bits per heavy atom. The molecule has 16 heavy (non-hydrogen) atoms. The first kappa shape index (κ1) is 13.5. The Hall–Kier alpha value is -0.560. The highest BCUT2D eigenvalue weighted by atomic mass is 79.9. The van der Waals surface area contributed by atoms with Crippen molar-refractivity contribution in [1.82, 2.24) is 0 Å². The minimum Gasteiger partial charge on any atom is -0.391 e. The summed E-state index contributed by atoms with van der Waals surface area (Å²) in [7, 11) is 0. The van der Waals surface area contributed by atoms with E-state index in [1.807, 2.05) is 0 Å². The molecule has 0 amide bonds. The number of hydrogen-bond donors (Lipinski definition) is 3. The van der Waals surface area contributed by atoms with Crippen molar-refractivity contribution in [3.05, 3.63) is 34.9 Å². The predicted octanol–water partition coefficient (Wildman–Crippen LogP) is 1.25. The van der Waals surface area contributed by atoms with Crippen molar-refractivity contribution in [3.8, 4) is 0 Å². The molecule has 0 aliphatic heterocycles. The Morgan fingerprint density at radius 1 is 1.19 bits per heavy atom. The number of rotatable bonds is 4. The summed E-state index contributed by atoms with van der Waals surface area (Å²) in [6.45, 7) is -0.755. The summed E-state index contributed by atoms with van der Waals surface area (Å²) in [5.41, 5.74) is -0.525. The molecule has 1 aromatic carbocycles. The van der Waals surface area contributed by atoms with E-state index in [-0.39, 0.29) is 10.9 Å². The number of hydrogen-bond acceptors (Lipinski definition) is 3. The van der Waals surface area contributed by atoms with Gasteiger partial charge in [0.05, 0.1) is 12.7 Å². The molecule has 0 radical (unpaired) electrons. The molecule has 0 saturated heterocycles. The first-order valence-corrected chi connectivity index (χ1v) is 5.64. The molecule has 0 spiro atoms. The molecule has 0 fully saturated rings. The SMILES string of the molecule is OCc1c(F)cc(C(O)C(O)CBr)cc1F. The molecule has 3 N–H and O–H groups in total. The summed E-state index contributed by atoms with van der Waals surface area (Å²) >= 11 is 2.94. The number of aliphatic hydroxyl groups is 3. The largest absolute Gasteiger partial charge is 0.391 e. The van der Waals surface area contributed by atoms with Crippen LogP contribution < -0.4 is 0 Å². The maximum Gasteiger partial charge on any atom is 0.132 e. The number of aliphatic hydroxyl groups excluding tert-OH is 3. The van der Waals surface area contributed by atoms with Gasteiger partial charge in [0.1, 0.15) is 17.7 Å². The summed E-state index contributed by atoms with van der Waals surface area (Å²) in [6.07, 6.45) is -2.53. The highest BCUT2D eigenvalue weighted by molar-refractivity contribution is 9.09. The standard InChI is InChI=1S/C10H11BrF2O3/c11-3-9(15)10(16)5-1-7(12)6(4-14)8(13)2-5/h1-2,9-10,14-16H,3-4H2. The molecule has 0 aromatic heterocycles. The molecule has 2 unspecified atom stereocenters. The molecule has 1 rings (SSSR count). The van der Waals surface area contributed by atoms with Crippen LogP contribution in [0, 0.1) is 11.6 Å². The zero-order chi connectivity index (χ0) is 12.3. The van der Waals surface area contributed by atoms with E-state index in [1.165, 1.54) is 0 Å². The molecule has 0 bridgehead atoms. The van der Waals surface area contributed by atoms with Gasteiger partial charge in [0.2, 0.25) is 0 Å². The van der Waals surface area contributed by atoms with Crippen LogP contribution in [0.1, 0.15) is 17.2 Å². The van der Waals surface area contributed by atoms with Crippen LogP contribution >= 0.6 is 15.9 Å². The summed E-state index contributed by atoms with van der Waals surface area (Å²) in [5, 5.41) is 27.6. The van der Waals surface area contributed by atoms with E-state index in [0.29, 0.717) is 0 Å². The lowest BCUT2D eigenvalue weighted by Gasteiger charge is -2.16. The molecule has 0 heterocycles. The van der Waals surface area contributed by atoms with Crippen LogP contribution in [-0.4, -0.2) is 26.8 Å². The highest BCUT2D eigenvalue weighted by Gasteiger charge is 2.20. The van der Waals surface area contributed by atoms with E-state index in [4.69, 9.17) is 5.11 Å². The van der Waals surface area contributed by atoms with E-state index in [2.05, 4.69) is 15.9 Å². The lowest BCUT2D eigenvalue weighted by Crippen LogP contribution is -2.20. The van der Waals surface area contributed by atoms with Gasteiger partial charge in [-0.15, -0.1) is 0 Å². The van der Waals surface area contributed by atoms with Crippen LogP contribution in [0.25, 0.3) is 0 Å². The minimum absolute atomic E-state index is 0.0702. The molecule has 1 aromatic rings. The van der Waals surface area contributed by atoms with Gasteiger partial charge in [0.25, 0.3) is 0 Å². The lowest BCUT2D eigenvalue weighted by atomic mass is 10.0. The Balaban J connectivity index is 3.08. The number of halogens is 3. The van der Waals surface area contributed by atoms with Crippen molar-refractivity contribution in [2.45, 2.75) is 18.8 Å². The maximum absolute atomic E-state index is 13.2. The van der Waals surface area contributed by atoms with E-state index in [9.17, 15) is 19.0 Å². The van der Waals surface area contributed by atoms with Gasteiger partial charge in [-0.3, -0.25) is 0 Å². The second-order valence-corrected chi connectivity index (χ2v) is 3.94. The van der Waals surface area contributed by atoms with Crippen LogP contribution in [0.15, 0.2) is 12.1 Å². The van der Waals surface area contributed by atoms with E-state index in [0.717, 1.165) is 12.1 Å². The molecule has 0 aliphatic carbocycles. The van der Waals surface area contributed by atoms with Crippen molar-refractivity contribution in [2.75, 3.05) is 5.33 Å². The van der Waals surface area contributed by atoms with Crippen LogP contribution in [0.4, 0.5) is 8.78 Å². The minimum atomic E-state index is -1.38. The van der Waals surface area contributed by atoms with Gasteiger partial charge in [-0.2, -0.15) is 0 Å². The molecular weight excluding hydrogens is 286 g/mol. The van der Waals surface area contributed by atoms with Crippen molar-refractivity contribution in [1.29, 1.82) is 0 Å². The summed E-state index contributed by atoms with van der Waals surface area (Å²) < 4.78 is 26.5. The molecular formula is C10H11BrF2O3. The Labute approximate surface area is 99.5 Å². The van der Waals surface area contributed by atoms with Gasteiger partial charge in [-0.25, -0.2) is 8.78 Å². The predicted molar refractivity (Wildman–Crippen MR) is 57.0 cm³/mol. The normalized spacial score (nSPS) is 14.9. The summed E-state index contributed by atoms with van der Waals surface area (Å²) in [5.74, 6) is -1.89. The van der Waals surface area contributed by atoms with Crippen LogP contribution in [0.5, 0.6) is 0 Å². The fourth-order valence-electron chi connectivity index (χ4n) is 1.25. The van der Waals surface area contributed by atoms with E-state index >= 15 is 0 Å². The Kier molecular flexibility index (Phi) is 4.79. The monoisotopic (exact) mass is 296 g/mol. The fraction of sp³-hybridized carbons (Fsp3) is 0.400. The lowest BCUT2D eigenvalue weighted by molar-refractivity contribution is 0.0338. The molecule has 6 heteroatoms. The van der Waals surface area contributed by atoms with Crippen molar-refractivity contribution in [2.24, 2.45) is 0 Å². The third-order valence-corrected chi connectivity index (χ3v) is 2.85. The highest BCUT2D eigenvalue weighted by Crippen LogP contribution is 2.23. The smallest absolute Gasteiger partial charge is 0.132 e. The van der Waals surface area contributed by atoms with Crippen molar-refractivity contribution in [3.63, 3.8) is 0 Å². The topological polar surface area (TPSA) is 60.7 Å². The zero-order valence-electron chi connectivity index (χ0n) is 8.20. The third-order valence-electron chi connectivity index (χ3n) is 2.19. The van der Waals surface area contributed by atoms with Gasteiger partial charge in [-0.05, 0) is 17.7 Å². The molecule has 90 valence electrons. The maximum atomic E-state index is 13.2. The number of benzene rings is 1. The van der Waals surface area contributed by atoms with Crippen LogP contribution in [-0.2, 0) is 6.61 Å². The average molecular weight is 297 g/mol. The number of alkyl halides is 1. The van der Waals surface area contributed by atoms with Crippen LogP contribution in [0.2, 0.25) is 0 Å². The van der Waals surface area contributed by atoms with Crippen molar-refractivity contribution < 1.29 is 24.1 Å². The third kappa shape index (κ3) is 2.76. The fourth-order valence-corrected chi connectivity index (χ4v) is 1.61. The average Bonchev–Trinajstić information content (AvgIpc) is 2.26. The van der Waals surface area contributed by atoms with Gasteiger partial charge in [0, 0.05) is 10.9 Å². The van der Waals surface area contributed by atoms with Gasteiger partial charge in [-0.1, -0.05) is 15.9 Å². The summed E-state index contributed by atoms with van der Waals surface area (Å²) in [4.78, 5) is 0. The first-order chi connectivity index (χ1) is 7.51. The van der Waals surface area contributed by atoms with Gasteiger partial charge in [0.15, 0.2) is 0 Å². The van der Waals surface area contributed by atoms with E-state index < -0.39 is 36.0 Å². The van der Waals surface area contributed by atoms with Crippen molar-refractivity contribution >= 4 is 15.9 Å². The summed E-state index contributed by atoms with van der Waals surface area (Å²) in [6, 6.07) is 1.79. The first-order valence-electron chi connectivity index (χ1n) is 4.52. The molecule has 0 saturated carbocycles. The second kappa shape index (κ2) is 5.67. The molecule has 0 aliphatic rings. The van der Waals surface area contributed by atoms with Gasteiger partial charge >= 0.3 is 0 Å².